The van der Waals surface area contributed by atoms with Crippen molar-refractivity contribution in [3.05, 3.63) is 99.0 Å². The standard InChI is InChI=1S/C25H28N4O2/c1-2-3-16-28-23-22(27(19-26-23)18-21-13-8-5-9-14-21)24(30)29(25(28)31)17-10-15-20-11-6-4-7-12-20/h4-9,11-14,19H,2-3,10,15-18H2,1H3. The first-order valence-electron chi connectivity index (χ1n) is 11.0. The number of imidazole rings is 1. The first kappa shape index (κ1) is 20.8. The third-order valence-electron chi connectivity index (χ3n) is 5.60. The van der Waals surface area contributed by atoms with Crippen LogP contribution in [0.5, 0.6) is 0 Å². The molecule has 4 aromatic rings. The Morgan fingerprint density at radius 2 is 1.45 bits per heavy atom. The normalized spacial score (nSPS) is 11.3. The predicted molar refractivity (Wildman–Crippen MR) is 123 cm³/mol. The lowest BCUT2D eigenvalue weighted by molar-refractivity contribution is 0.532. The molecule has 0 unspecified atom stereocenters. The third kappa shape index (κ3) is 4.53. The van der Waals surface area contributed by atoms with Crippen molar-refractivity contribution in [3.8, 4) is 0 Å². The summed E-state index contributed by atoms with van der Waals surface area (Å²) in [5.74, 6) is 0. The molecule has 2 aromatic heterocycles. The van der Waals surface area contributed by atoms with E-state index in [1.807, 2.05) is 53.1 Å². The van der Waals surface area contributed by atoms with E-state index in [9.17, 15) is 9.59 Å². The first-order chi connectivity index (χ1) is 15.2. The summed E-state index contributed by atoms with van der Waals surface area (Å²) in [5.41, 5.74) is 2.76. The molecule has 0 atom stereocenters. The fourth-order valence-electron chi connectivity index (χ4n) is 3.94. The Bertz CT molecular complexity index is 1250. The number of aryl methyl sites for hydroxylation is 2. The zero-order valence-electron chi connectivity index (χ0n) is 17.9. The van der Waals surface area contributed by atoms with Crippen molar-refractivity contribution >= 4 is 11.2 Å². The van der Waals surface area contributed by atoms with E-state index in [1.54, 1.807) is 10.9 Å². The van der Waals surface area contributed by atoms with Crippen molar-refractivity contribution in [2.45, 2.75) is 52.2 Å². The van der Waals surface area contributed by atoms with Gasteiger partial charge in [0.05, 0.1) is 6.33 Å². The largest absolute Gasteiger partial charge is 0.332 e. The predicted octanol–water partition coefficient (Wildman–Crippen LogP) is 3.84. The number of rotatable bonds is 9. The van der Waals surface area contributed by atoms with Crippen LogP contribution in [-0.4, -0.2) is 18.7 Å². The Hall–Kier alpha value is -3.41. The minimum Gasteiger partial charge on any atom is -0.320 e. The monoisotopic (exact) mass is 416 g/mol. The van der Waals surface area contributed by atoms with Gasteiger partial charge >= 0.3 is 5.69 Å². The molecule has 0 aliphatic rings. The highest BCUT2D eigenvalue weighted by molar-refractivity contribution is 5.70. The molecule has 31 heavy (non-hydrogen) atoms. The van der Waals surface area contributed by atoms with Crippen LogP contribution in [0.4, 0.5) is 0 Å². The van der Waals surface area contributed by atoms with Gasteiger partial charge in [-0.25, -0.2) is 9.78 Å². The van der Waals surface area contributed by atoms with E-state index in [0.717, 1.165) is 31.2 Å². The molecule has 0 saturated heterocycles. The van der Waals surface area contributed by atoms with Crippen molar-refractivity contribution in [3.63, 3.8) is 0 Å². The molecule has 0 amide bonds. The molecule has 6 nitrogen and oxygen atoms in total. The summed E-state index contributed by atoms with van der Waals surface area (Å²) in [6.07, 6.45) is 5.05. The van der Waals surface area contributed by atoms with Gasteiger partial charge in [0.15, 0.2) is 11.2 Å². The van der Waals surface area contributed by atoms with Crippen molar-refractivity contribution in [1.29, 1.82) is 0 Å². The van der Waals surface area contributed by atoms with Crippen molar-refractivity contribution < 1.29 is 0 Å². The summed E-state index contributed by atoms with van der Waals surface area (Å²) in [6.45, 7) is 3.59. The fourth-order valence-corrected chi connectivity index (χ4v) is 3.94. The van der Waals surface area contributed by atoms with Gasteiger partial charge in [-0.1, -0.05) is 74.0 Å². The highest BCUT2D eigenvalue weighted by Crippen LogP contribution is 2.12. The zero-order valence-corrected chi connectivity index (χ0v) is 17.9. The number of unbranched alkanes of at least 4 members (excludes halogenated alkanes) is 1. The second-order valence-corrected chi connectivity index (χ2v) is 7.86. The summed E-state index contributed by atoms with van der Waals surface area (Å²) in [4.78, 5) is 31.0. The van der Waals surface area contributed by atoms with Crippen LogP contribution in [0.2, 0.25) is 0 Å². The van der Waals surface area contributed by atoms with Gasteiger partial charge in [-0.05, 0) is 30.4 Å². The zero-order chi connectivity index (χ0) is 21.6. The van der Waals surface area contributed by atoms with E-state index >= 15 is 0 Å². The average molecular weight is 417 g/mol. The Morgan fingerprint density at radius 1 is 0.806 bits per heavy atom. The summed E-state index contributed by atoms with van der Waals surface area (Å²) in [7, 11) is 0. The lowest BCUT2D eigenvalue weighted by atomic mass is 10.1. The lowest BCUT2D eigenvalue weighted by Gasteiger charge is -2.12. The van der Waals surface area contributed by atoms with Crippen LogP contribution >= 0.6 is 0 Å². The number of benzene rings is 2. The maximum atomic E-state index is 13.4. The van der Waals surface area contributed by atoms with E-state index in [1.165, 1.54) is 10.1 Å². The maximum absolute atomic E-state index is 13.4. The highest BCUT2D eigenvalue weighted by atomic mass is 16.2. The third-order valence-corrected chi connectivity index (χ3v) is 5.60. The summed E-state index contributed by atoms with van der Waals surface area (Å²) >= 11 is 0. The van der Waals surface area contributed by atoms with E-state index in [-0.39, 0.29) is 11.2 Å². The van der Waals surface area contributed by atoms with E-state index < -0.39 is 0 Å². The number of hydrogen-bond donors (Lipinski definition) is 0. The number of aromatic nitrogens is 4. The molecule has 0 radical (unpaired) electrons. The van der Waals surface area contributed by atoms with Crippen LogP contribution in [0, 0.1) is 0 Å². The Kier molecular flexibility index (Phi) is 6.46. The molecule has 0 bridgehead atoms. The lowest BCUT2D eigenvalue weighted by Crippen LogP contribution is -2.41. The van der Waals surface area contributed by atoms with Gasteiger partial charge in [-0.15, -0.1) is 0 Å². The minimum atomic E-state index is -0.260. The Morgan fingerprint density at radius 3 is 2.13 bits per heavy atom. The quantitative estimate of drug-likeness (QED) is 0.416. The van der Waals surface area contributed by atoms with Gasteiger partial charge in [0.25, 0.3) is 5.56 Å². The molecule has 2 heterocycles. The van der Waals surface area contributed by atoms with Gasteiger partial charge in [-0.3, -0.25) is 13.9 Å². The molecule has 4 rings (SSSR count). The van der Waals surface area contributed by atoms with Crippen molar-refractivity contribution in [1.82, 2.24) is 18.7 Å². The number of fused-ring (bicyclic) bond motifs is 1. The first-order valence-corrected chi connectivity index (χ1v) is 11.0. The second kappa shape index (κ2) is 9.60. The highest BCUT2D eigenvalue weighted by Gasteiger charge is 2.18. The van der Waals surface area contributed by atoms with Gasteiger partial charge in [-0.2, -0.15) is 0 Å². The van der Waals surface area contributed by atoms with Crippen LogP contribution in [0.1, 0.15) is 37.3 Å². The van der Waals surface area contributed by atoms with Crippen LogP contribution in [0.25, 0.3) is 11.2 Å². The van der Waals surface area contributed by atoms with E-state index in [2.05, 4.69) is 24.0 Å². The minimum absolute atomic E-state index is 0.255. The topological polar surface area (TPSA) is 61.8 Å². The van der Waals surface area contributed by atoms with Crippen LogP contribution in [0.3, 0.4) is 0 Å². The average Bonchev–Trinajstić information content (AvgIpc) is 3.21. The fraction of sp³-hybridized carbons (Fsp3) is 0.320. The maximum Gasteiger partial charge on any atom is 0.332 e. The summed E-state index contributed by atoms with van der Waals surface area (Å²) in [5, 5.41) is 0. The Balaban J connectivity index is 1.72. The van der Waals surface area contributed by atoms with E-state index in [4.69, 9.17) is 0 Å². The van der Waals surface area contributed by atoms with Crippen LogP contribution in [-0.2, 0) is 26.1 Å². The van der Waals surface area contributed by atoms with Crippen LogP contribution < -0.4 is 11.2 Å². The summed E-state index contributed by atoms with van der Waals surface area (Å²) < 4.78 is 4.93. The van der Waals surface area contributed by atoms with Crippen molar-refractivity contribution in [2.75, 3.05) is 0 Å². The molecule has 0 spiro atoms. The molecule has 0 aliphatic heterocycles. The van der Waals surface area contributed by atoms with E-state index in [0.29, 0.717) is 30.8 Å². The number of hydrogen-bond acceptors (Lipinski definition) is 3. The molecule has 0 aliphatic carbocycles. The Labute approximate surface area is 181 Å². The molecule has 2 aromatic carbocycles. The van der Waals surface area contributed by atoms with Gasteiger partial charge < -0.3 is 4.57 Å². The molecule has 6 heteroatoms. The smallest absolute Gasteiger partial charge is 0.320 e. The van der Waals surface area contributed by atoms with Crippen LogP contribution in [0.15, 0.2) is 76.6 Å². The van der Waals surface area contributed by atoms with Gasteiger partial charge in [0, 0.05) is 19.6 Å². The molecular formula is C25H28N4O2. The number of nitrogens with zero attached hydrogens (tertiary/aromatic N) is 4. The summed E-state index contributed by atoms with van der Waals surface area (Å²) in [6, 6.07) is 20.1. The molecular weight excluding hydrogens is 388 g/mol. The molecule has 0 fully saturated rings. The molecule has 0 N–H and O–H groups in total. The van der Waals surface area contributed by atoms with Gasteiger partial charge in [0.2, 0.25) is 0 Å². The second-order valence-electron chi connectivity index (χ2n) is 7.86. The SMILES string of the molecule is CCCCn1c(=O)n(CCCc2ccccc2)c(=O)c2c1ncn2Cc1ccccc1. The van der Waals surface area contributed by atoms with Crippen molar-refractivity contribution in [2.24, 2.45) is 0 Å². The molecule has 0 saturated carbocycles. The van der Waals surface area contributed by atoms with Gasteiger partial charge in [0.1, 0.15) is 0 Å². The molecule has 160 valence electrons.